The molecule has 0 aliphatic rings. The lowest BCUT2D eigenvalue weighted by atomic mass is 10.1. The average Bonchev–Trinajstić information content (AvgIpc) is 2.18. The second-order valence-corrected chi connectivity index (χ2v) is 3.26. The van der Waals surface area contributed by atoms with Gasteiger partial charge in [-0.05, 0) is 0 Å². The van der Waals surface area contributed by atoms with E-state index in [1.165, 1.54) is 24.3 Å². The molecule has 13 heavy (non-hydrogen) atoms. The Morgan fingerprint density at radius 2 is 1.85 bits per heavy atom. The second-order valence-electron chi connectivity index (χ2n) is 2.50. The van der Waals surface area contributed by atoms with Gasteiger partial charge in [-0.3, -0.25) is 0 Å². The lowest BCUT2D eigenvalue weighted by Gasteiger charge is -2.12. The van der Waals surface area contributed by atoms with E-state index in [0.29, 0.717) is 5.69 Å². The lowest BCUT2D eigenvalue weighted by Crippen LogP contribution is -2.14. The maximum atomic E-state index is 13.0. The fourth-order valence-corrected chi connectivity index (χ4v) is 1.30. The molecule has 0 amide bonds. The average molecular weight is 293 g/mol. The van der Waals surface area contributed by atoms with Gasteiger partial charge in [0.1, 0.15) is 0 Å². The molecule has 0 atom stereocenters. The Labute approximate surface area is 88.7 Å². The minimum absolute atomic E-state index is 0.0331. The van der Waals surface area contributed by atoms with Crippen LogP contribution in [0.25, 0.3) is 4.85 Å². The van der Waals surface area contributed by atoms with Gasteiger partial charge in [0.25, 0.3) is 5.92 Å². The van der Waals surface area contributed by atoms with Gasteiger partial charge in [-0.25, -0.2) is 13.6 Å². The van der Waals surface area contributed by atoms with Gasteiger partial charge in [0.2, 0.25) is 0 Å². The van der Waals surface area contributed by atoms with Gasteiger partial charge in [0, 0.05) is 5.56 Å². The molecule has 4 heteroatoms. The molecular formula is C9H6F2IN. The van der Waals surface area contributed by atoms with E-state index in [2.05, 4.69) is 4.85 Å². The van der Waals surface area contributed by atoms with Gasteiger partial charge in [0.15, 0.2) is 5.69 Å². The van der Waals surface area contributed by atoms with Crippen LogP contribution in [0.3, 0.4) is 0 Å². The van der Waals surface area contributed by atoms with E-state index < -0.39 is 5.92 Å². The third-order valence-electron chi connectivity index (χ3n) is 1.59. The molecule has 1 rings (SSSR count). The van der Waals surface area contributed by atoms with Gasteiger partial charge in [-0.1, -0.05) is 46.9 Å². The maximum Gasteiger partial charge on any atom is 0.281 e. The standard InChI is InChI=1S/C9H6F2IN/c1-13-8-4-2-7(3-5-8)9(10,11)6-12/h2-5H,6H2. The molecule has 0 N–H and O–H groups in total. The third kappa shape index (κ3) is 2.37. The second kappa shape index (κ2) is 4.01. The SMILES string of the molecule is [C-]#[N+]c1ccc(C(F)(F)CI)cc1. The number of nitrogens with zero attached hydrogens (tertiary/aromatic N) is 1. The fraction of sp³-hybridized carbons (Fsp3) is 0.222. The minimum atomic E-state index is -2.79. The van der Waals surface area contributed by atoms with Crippen molar-refractivity contribution >= 4 is 28.3 Å². The van der Waals surface area contributed by atoms with Gasteiger partial charge in [-0.2, -0.15) is 0 Å². The Kier molecular flexibility index (Phi) is 3.20. The Bertz CT molecular complexity index is 326. The summed E-state index contributed by atoms with van der Waals surface area (Å²) in [6.07, 6.45) is 0. The van der Waals surface area contributed by atoms with Crippen molar-refractivity contribution in [2.45, 2.75) is 5.92 Å². The van der Waals surface area contributed by atoms with Crippen LogP contribution in [0.5, 0.6) is 0 Å². The van der Waals surface area contributed by atoms with Crippen molar-refractivity contribution in [2.75, 3.05) is 4.43 Å². The topological polar surface area (TPSA) is 4.36 Å². The van der Waals surface area contributed by atoms with Crippen molar-refractivity contribution in [2.24, 2.45) is 0 Å². The summed E-state index contributed by atoms with van der Waals surface area (Å²) in [5.74, 6) is -2.79. The number of halogens is 3. The predicted octanol–water partition coefficient (Wildman–Crippen LogP) is 3.76. The van der Waals surface area contributed by atoms with Gasteiger partial charge in [0.05, 0.1) is 11.0 Å². The molecule has 0 aliphatic carbocycles. The van der Waals surface area contributed by atoms with Crippen LogP contribution in [0, 0.1) is 6.57 Å². The van der Waals surface area contributed by atoms with Crippen LogP contribution in [0.15, 0.2) is 24.3 Å². The van der Waals surface area contributed by atoms with E-state index in [1.54, 1.807) is 22.6 Å². The van der Waals surface area contributed by atoms with E-state index in [9.17, 15) is 8.78 Å². The van der Waals surface area contributed by atoms with Crippen LogP contribution in [-0.2, 0) is 5.92 Å². The number of hydrogen-bond acceptors (Lipinski definition) is 0. The summed E-state index contributed by atoms with van der Waals surface area (Å²) in [6.45, 7) is 6.65. The van der Waals surface area contributed by atoms with Crippen LogP contribution in [-0.4, -0.2) is 4.43 Å². The fourth-order valence-electron chi connectivity index (χ4n) is 0.857. The molecule has 0 bridgehead atoms. The molecule has 0 aliphatic heterocycles. The van der Waals surface area contributed by atoms with Crippen molar-refractivity contribution in [1.82, 2.24) is 0 Å². The Morgan fingerprint density at radius 3 is 2.23 bits per heavy atom. The van der Waals surface area contributed by atoms with Crippen LogP contribution in [0.4, 0.5) is 14.5 Å². The van der Waals surface area contributed by atoms with Crippen molar-refractivity contribution in [1.29, 1.82) is 0 Å². The van der Waals surface area contributed by atoms with E-state index in [1.807, 2.05) is 0 Å². The largest absolute Gasteiger partial charge is 0.281 e. The molecule has 0 saturated carbocycles. The van der Waals surface area contributed by atoms with Crippen LogP contribution in [0.1, 0.15) is 5.56 Å². The summed E-state index contributed by atoms with van der Waals surface area (Å²) in [6, 6.07) is 5.41. The first kappa shape index (κ1) is 10.4. The molecule has 1 aromatic rings. The van der Waals surface area contributed by atoms with Gasteiger partial charge < -0.3 is 0 Å². The molecule has 1 nitrogen and oxygen atoms in total. The summed E-state index contributed by atoms with van der Waals surface area (Å²) in [4.78, 5) is 3.12. The van der Waals surface area contributed by atoms with Crippen molar-refractivity contribution in [3.8, 4) is 0 Å². The van der Waals surface area contributed by atoms with E-state index in [0.717, 1.165) is 0 Å². The highest BCUT2D eigenvalue weighted by molar-refractivity contribution is 14.1. The number of rotatable bonds is 2. The molecule has 0 unspecified atom stereocenters. The zero-order chi connectivity index (χ0) is 9.90. The number of hydrogen-bond donors (Lipinski definition) is 0. The summed E-state index contributed by atoms with van der Waals surface area (Å²) in [5.41, 5.74) is 0.349. The van der Waals surface area contributed by atoms with Gasteiger partial charge >= 0.3 is 0 Å². The zero-order valence-corrected chi connectivity index (χ0v) is 8.76. The number of alkyl halides is 3. The lowest BCUT2D eigenvalue weighted by molar-refractivity contribution is 0.0266. The third-order valence-corrected chi connectivity index (χ3v) is 2.54. The van der Waals surface area contributed by atoms with Crippen molar-refractivity contribution < 1.29 is 8.78 Å². The van der Waals surface area contributed by atoms with E-state index in [4.69, 9.17) is 6.57 Å². The molecule has 0 radical (unpaired) electrons. The smallest absolute Gasteiger partial charge is 0.238 e. The van der Waals surface area contributed by atoms with Gasteiger partial charge in [-0.15, -0.1) is 0 Å². The molecule has 68 valence electrons. The van der Waals surface area contributed by atoms with Crippen molar-refractivity contribution in [3.05, 3.63) is 41.2 Å². The Balaban J connectivity index is 3.00. The first-order valence-electron chi connectivity index (χ1n) is 3.52. The zero-order valence-electron chi connectivity index (χ0n) is 6.60. The molecule has 0 heterocycles. The maximum absolute atomic E-state index is 13.0. The van der Waals surface area contributed by atoms with Crippen molar-refractivity contribution in [3.63, 3.8) is 0 Å². The molecule has 0 fully saturated rings. The first-order valence-corrected chi connectivity index (χ1v) is 5.04. The quantitative estimate of drug-likeness (QED) is 0.444. The van der Waals surface area contributed by atoms with Crippen LogP contribution < -0.4 is 0 Å². The summed E-state index contributed by atoms with van der Waals surface area (Å²) in [5, 5.41) is 0. The van der Waals surface area contributed by atoms with E-state index >= 15 is 0 Å². The Morgan fingerprint density at radius 1 is 1.31 bits per heavy atom. The minimum Gasteiger partial charge on any atom is -0.238 e. The number of benzene rings is 1. The molecule has 0 saturated heterocycles. The molecule has 0 spiro atoms. The predicted molar refractivity (Wildman–Crippen MR) is 55.5 cm³/mol. The summed E-state index contributed by atoms with van der Waals surface area (Å²) >= 11 is 1.64. The van der Waals surface area contributed by atoms with Crippen LogP contribution in [0.2, 0.25) is 0 Å². The highest BCUT2D eigenvalue weighted by Crippen LogP contribution is 2.30. The highest BCUT2D eigenvalue weighted by atomic mass is 127. The summed E-state index contributed by atoms with van der Waals surface area (Å²) < 4.78 is 25.8. The molecule has 0 aromatic heterocycles. The van der Waals surface area contributed by atoms with Crippen LogP contribution >= 0.6 is 22.6 Å². The normalized spacial score (nSPS) is 10.9. The van der Waals surface area contributed by atoms with E-state index in [-0.39, 0.29) is 9.99 Å². The highest BCUT2D eigenvalue weighted by Gasteiger charge is 2.29. The molecule has 1 aromatic carbocycles. The monoisotopic (exact) mass is 293 g/mol. The Hall–Kier alpha value is -0.700. The first-order chi connectivity index (χ1) is 6.10. The molecular weight excluding hydrogens is 287 g/mol. The summed E-state index contributed by atoms with van der Waals surface area (Å²) in [7, 11) is 0.